The maximum atomic E-state index is 11.0. The first-order chi connectivity index (χ1) is 15.7. The Balaban J connectivity index is 1.44. The first-order valence-corrected chi connectivity index (χ1v) is 9.74. The van der Waals surface area contributed by atoms with E-state index in [0.29, 0.717) is 56.9 Å². The summed E-state index contributed by atoms with van der Waals surface area (Å²) in [5.74, 6) is 1.76. The second kappa shape index (κ2) is 8.23. The highest BCUT2D eigenvalue weighted by Crippen LogP contribution is 2.29. The molecule has 7 heteroatoms. The second-order valence-electron chi connectivity index (χ2n) is 6.95. The van der Waals surface area contributed by atoms with Crippen LogP contribution >= 0.6 is 0 Å². The lowest BCUT2D eigenvalue weighted by Gasteiger charge is -2.00. The van der Waals surface area contributed by atoms with Gasteiger partial charge in [0.05, 0.1) is 12.4 Å². The molecule has 0 bridgehead atoms. The summed E-state index contributed by atoms with van der Waals surface area (Å²) < 4.78 is 11.8. The van der Waals surface area contributed by atoms with Crippen LogP contribution in [0.2, 0.25) is 0 Å². The van der Waals surface area contributed by atoms with E-state index in [-0.39, 0.29) is 0 Å². The number of nitrogens with zero attached hydrogens (tertiary/aromatic N) is 3. The second-order valence-corrected chi connectivity index (χ2v) is 6.95. The summed E-state index contributed by atoms with van der Waals surface area (Å²) in [4.78, 5) is 35.3. The van der Waals surface area contributed by atoms with Gasteiger partial charge in [-0.25, -0.2) is 15.0 Å². The van der Waals surface area contributed by atoms with Crippen LogP contribution in [0.25, 0.3) is 45.8 Å². The fourth-order valence-electron chi connectivity index (χ4n) is 3.25. The number of pyridine rings is 1. The number of hydrogen-bond donors (Lipinski definition) is 0. The molecule has 0 aliphatic carbocycles. The quantitative estimate of drug-likeness (QED) is 0.341. The third-order valence-electron chi connectivity index (χ3n) is 4.80. The van der Waals surface area contributed by atoms with Gasteiger partial charge in [-0.3, -0.25) is 9.59 Å². The number of aromatic nitrogens is 3. The fourth-order valence-corrected chi connectivity index (χ4v) is 3.25. The number of hydrogen-bond acceptors (Lipinski definition) is 7. The molecule has 0 N–H and O–H groups in total. The predicted octanol–water partition coefficient (Wildman–Crippen LogP) is 5.35. The lowest BCUT2D eigenvalue weighted by Crippen LogP contribution is -1.85. The summed E-state index contributed by atoms with van der Waals surface area (Å²) in [6.07, 6.45) is 4.73. The molecule has 5 aromatic rings. The van der Waals surface area contributed by atoms with Gasteiger partial charge in [-0.2, -0.15) is 0 Å². The third kappa shape index (κ3) is 3.75. The highest BCUT2D eigenvalue weighted by Gasteiger charge is 2.14. The van der Waals surface area contributed by atoms with Gasteiger partial charge in [0.1, 0.15) is 24.0 Å². The number of carbonyl (C=O) groups excluding carboxylic acids is 2. The standard InChI is InChI=1S/C25H15N3O4/c29-14-16-4-1-6-18(10-16)24-26-12-22(31-24)20-8-3-9-21(28-20)23-13-27-25(32-23)19-7-2-5-17(11-19)15-30/h1-15H. The van der Waals surface area contributed by atoms with Gasteiger partial charge in [-0.15, -0.1) is 0 Å². The van der Waals surface area contributed by atoms with Gasteiger partial charge < -0.3 is 8.83 Å². The van der Waals surface area contributed by atoms with E-state index in [2.05, 4.69) is 15.0 Å². The molecule has 3 aromatic heterocycles. The minimum atomic E-state index is 0.396. The van der Waals surface area contributed by atoms with Gasteiger partial charge >= 0.3 is 0 Å². The van der Waals surface area contributed by atoms with E-state index in [1.807, 2.05) is 18.2 Å². The van der Waals surface area contributed by atoms with Crippen LogP contribution in [0.1, 0.15) is 20.7 Å². The molecule has 0 radical (unpaired) electrons. The average molecular weight is 421 g/mol. The molecule has 0 saturated carbocycles. The maximum absolute atomic E-state index is 11.0. The van der Waals surface area contributed by atoms with Crippen LogP contribution in [0.3, 0.4) is 0 Å². The highest BCUT2D eigenvalue weighted by atomic mass is 16.4. The van der Waals surface area contributed by atoms with Crippen LogP contribution in [0.15, 0.2) is 88.0 Å². The number of benzene rings is 2. The number of rotatable bonds is 6. The van der Waals surface area contributed by atoms with Gasteiger partial charge in [-0.1, -0.05) is 30.3 Å². The Kier molecular flexibility index (Phi) is 4.97. The van der Waals surface area contributed by atoms with Crippen molar-refractivity contribution in [1.29, 1.82) is 0 Å². The molecule has 7 nitrogen and oxygen atoms in total. The highest BCUT2D eigenvalue weighted by molar-refractivity contribution is 5.78. The molecule has 0 fully saturated rings. The molecular formula is C25H15N3O4. The normalized spacial score (nSPS) is 10.8. The summed E-state index contributed by atoms with van der Waals surface area (Å²) >= 11 is 0. The van der Waals surface area contributed by atoms with Gasteiger partial charge in [-0.05, 0) is 36.4 Å². The van der Waals surface area contributed by atoms with E-state index in [4.69, 9.17) is 8.83 Å². The molecule has 0 aliphatic rings. The zero-order valence-electron chi connectivity index (χ0n) is 16.6. The van der Waals surface area contributed by atoms with E-state index < -0.39 is 0 Å². The maximum Gasteiger partial charge on any atom is 0.226 e. The topological polar surface area (TPSA) is 99.1 Å². The molecule has 0 spiro atoms. The van der Waals surface area contributed by atoms with Crippen LogP contribution in [0, 0.1) is 0 Å². The molecule has 0 unspecified atom stereocenters. The van der Waals surface area contributed by atoms with Crippen LogP contribution in [0.5, 0.6) is 0 Å². The molecule has 3 heterocycles. The van der Waals surface area contributed by atoms with Gasteiger partial charge in [0.2, 0.25) is 11.8 Å². The molecule has 5 rings (SSSR count). The van der Waals surface area contributed by atoms with E-state index in [1.165, 1.54) is 0 Å². The van der Waals surface area contributed by atoms with Crippen molar-refractivity contribution in [3.05, 3.63) is 90.3 Å². The van der Waals surface area contributed by atoms with Crippen LogP contribution < -0.4 is 0 Å². The first kappa shape index (κ1) is 19.3. The van der Waals surface area contributed by atoms with Crippen molar-refractivity contribution in [3.63, 3.8) is 0 Å². The summed E-state index contributed by atoms with van der Waals surface area (Å²) in [6, 6.07) is 19.5. The monoisotopic (exact) mass is 421 g/mol. The number of aldehydes is 2. The fraction of sp³-hybridized carbons (Fsp3) is 0. The lowest BCUT2D eigenvalue weighted by atomic mass is 10.1. The van der Waals surface area contributed by atoms with Crippen molar-refractivity contribution >= 4 is 12.6 Å². The Labute approximate surface area is 182 Å². The molecule has 32 heavy (non-hydrogen) atoms. The summed E-state index contributed by atoms with van der Waals surface area (Å²) in [6.45, 7) is 0. The molecule has 0 atom stereocenters. The Hall–Kier alpha value is -4.65. The van der Waals surface area contributed by atoms with Gasteiger partial charge in [0.15, 0.2) is 11.5 Å². The van der Waals surface area contributed by atoms with Crippen molar-refractivity contribution in [1.82, 2.24) is 15.0 Å². The zero-order valence-corrected chi connectivity index (χ0v) is 16.6. The van der Waals surface area contributed by atoms with Crippen molar-refractivity contribution < 1.29 is 18.4 Å². The van der Waals surface area contributed by atoms with E-state index in [0.717, 1.165) is 12.6 Å². The Bertz CT molecular complexity index is 1330. The Morgan fingerprint density at radius 1 is 0.625 bits per heavy atom. The van der Waals surface area contributed by atoms with E-state index >= 15 is 0 Å². The molecule has 0 aliphatic heterocycles. The Morgan fingerprint density at radius 3 is 1.56 bits per heavy atom. The summed E-state index contributed by atoms with van der Waals surface area (Å²) in [5.41, 5.74) is 3.65. The molecule has 0 saturated heterocycles. The van der Waals surface area contributed by atoms with E-state index in [1.54, 1.807) is 60.9 Å². The van der Waals surface area contributed by atoms with Crippen molar-refractivity contribution in [2.45, 2.75) is 0 Å². The molecule has 0 amide bonds. The smallest absolute Gasteiger partial charge is 0.226 e. The van der Waals surface area contributed by atoms with Crippen LogP contribution in [-0.4, -0.2) is 27.5 Å². The molecular weight excluding hydrogens is 406 g/mol. The minimum Gasteiger partial charge on any atom is -0.434 e. The largest absolute Gasteiger partial charge is 0.434 e. The minimum absolute atomic E-state index is 0.396. The van der Waals surface area contributed by atoms with Gasteiger partial charge in [0, 0.05) is 22.3 Å². The van der Waals surface area contributed by atoms with Crippen LogP contribution in [0.4, 0.5) is 0 Å². The predicted molar refractivity (Wildman–Crippen MR) is 117 cm³/mol. The Morgan fingerprint density at radius 2 is 1.09 bits per heavy atom. The number of carbonyl (C=O) groups is 2. The number of oxazole rings is 2. The zero-order chi connectivity index (χ0) is 21.9. The average Bonchev–Trinajstić information content (AvgIpc) is 3.55. The van der Waals surface area contributed by atoms with Crippen molar-refractivity contribution in [2.75, 3.05) is 0 Å². The molecule has 2 aromatic carbocycles. The molecule has 154 valence electrons. The third-order valence-corrected chi connectivity index (χ3v) is 4.80. The first-order valence-electron chi connectivity index (χ1n) is 9.74. The summed E-state index contributed by atoms with van der Waals surface area (Å²) in [7, 11) is 0. The summed E-state index contributed by atoms with van der Waals surface area (Å²) in [5, 5.41) is 0. The van der Waals surface area contributed by atoms with E-state index in [9.17, 15) is 9.59 Å². The lowest BCUT2D eigenvalue weighted by molar-refractivity contribution is 0.111. The van der Waals surface area contributed by atoms with Gasteiger partial charge in [0.25, 0.3) is 0 Å². The SMILES string of the molecule is O=Cc1cccc(-c2ncc(-c3cccc(-c4cnc(-c5cccc(C=O)c5)o4)n3)o2)c1. The van der Waals surface area contributed by atoms with Crippen molar-refractivity contribution in [2.24, 2.45) is 0 Å². The van der Waals surface area contributed by atoms with Crippen LogP contribution in [-0.2, 0) is 0 Å². The van der Waals surface area contributed by atoms with Crippen molar-refractivity contribution in [3.8, 4) is 45.8 Å².